The quantitative estimate of drug-likeness (QED) is 0.800. The zero-order chi connectivity index (χ0) is 14.5. The van der Waals surface area contributed by atoms with Crippen molar-refractivity contribution in [1.82, 2.24) is 9.78 Å². The van der Waals surface area contributed by atoms with E-state index in [9.17, 15) is 18.0 Å². The molecule has 0 radical (unpaired) electrons. The molecule has 1 aromatic heterocycles. The van der Waals surface area contributed by atoms with Crippen molar-refractivity contribution >= 4 is 5.97 Å². The average molecular weight is 288 g/mol. The van der Waals surface area contributed by atoms with E-state index in [4.69, 9.17) is 4.74 Å². The van der Waals surface area contributed by atoms with E-state index in [0.29, 0.717) is 6.54 Å². The summed E-state index contributed by atoms with van der Waals surface area (Å²) in [5.74, 6) is -0.234. The zero-order valence-corrected chi connectivity index (χ0v) is 11.0. The van der Waals surface area contributed by atoms with Gasteiger partial charge in [-0.15, -0.1) is 0 Å². The highest BCUT2D eigenvalue weighted by atomic mass is 19.4. The first-order valence-electron chi connectivity index (χ1n) is 6.65. The molecular formula is C13H15F3N2O2. The van der Waals surface area contributed by atoms with E-state index in [2.05, 4.69) is 5.10 Å². The fourth-order valence-corrected chi connectivity index (χ4v) is 3.30. The fourth-order valence-electron chi connectivity index (χ4n) is 3.30. The van der Waals surface area contributed by atoms with Gasteiger partial charge in [-0.2, -0.15) is 18.3 Å². The van der Waals surface area contributed by atoms with Crippen LogP contribution < -0.4 is 0 Å². The summed E-state index contributed by atoms with van der Waals surface area (Å²) in [6, 6.07) is 0. The molecule has 0 saturated heterocycles. The molecule has 3 aliphatic rings. The van der Waals surface area contributed by atoms with Crippen molar-refractivity contribution in [2.24, 2.45) is 11.3 Å². The van der Waals surface area contributed by atoms with E-state index in [1.165, 1.54) is 4.68 Å². The van der Waals surface area contributed by atoms with Crippen molar-refractivity contribution < 1.29 is 22.7 Å². The van der Waals surface area contributed by atoms with Gasteiger partial charge in [0.1, 0.15) is 5.56 Å². The zero-order valence-electron chi connectivity index (χ0n) is 11.0. The molecule has 0 aromatic carbocycles. The first-order chi connectivity index (χ1) is 9.35. The van der Waals surface area contributed by atoms with Crippen LogP contribution in [0.15, 0.2) is 6.20 Å². The van der Waals surface area contributed by atoms with E-state index in [0.717, 1.165) is 31.4 Å². The van der Waals surface area contributed by atoms with Gasteiger partial charge in [0.15, 0.2) is 5.69 Å². The molecule has 3 aliphatic carbocycles. The summed E-state index contributed by atoms with van der Waals surface area (Å²) in [7, 11) is 0. The maximum absolute atomic E-state index is 12.9. The third-order valence-corrected chi connectivity index (χ3v) is 4.26. The van der Waals surface area contributed by atoms with E-state index in [-0.39, 0.29) is 12.0 Å². The Kier molecular flexibility index (Phi) is 2.85. The topological polar surface area (TPSA) is 44.1 Å². The van der Waals surface area contributed by atoms with Gasteiger partial charge < -0.3 is 4.74 Å². The molecule has 3 fully saturated rings. The molecule has 0 aliphatic heterocycles. The standard InChI is InChI=1S/C13H15F3N2O2/c1-2-20-11(19)10-9(13(14,15)16)6-17-18(10)7-12-3-8(4-12)5-12/h6,8H,2-5,7H2,1H3. The van der Waals surface area contributed by atoms with Gasteiger partial charge in [-0.1, -0.05) is 0 Å². The predicted octanol–water partition coefficient (Wildman–Crippen LogP) is 2.88. The van der Waals surface area contributed by atoms with Gasteiger partial charge in [-0.25, -0.2) is 4.79 Å². The van der Waals surface area contributed by atoms with Crippen LogP contribution in [-0.4, -0.2) is 22.4 Å². The number of esters is 1. The lowest BCUT2D eigenvalue weighted by atomic mass is 9.44. The lowest BCUT2D eigenvalue weighted by molar-refractivity contribution is -0.138. The number of halogens is 3. The van der Waals surface area contributed by atoms with E-state index >= 15 is 0 Å². The first-order valence-corrected chi connectivity index (χ1v) is 6.65. The van der Waals surface area contributed by atoms with Crippen LogP contribution in [0, 0.1) is 11.3 Å². The minimum Gasteiger partial charge on any atom is -0.461 e. The minimum atomic E-state index is -4.60. The molecule has 110 valence electrons. The van der Waals surface area contributed by atoms with Crippen molar-refractivity contribution in [3.05, 3.63) is 17.5 Å². The SMILES string of the molecule is CCOC(=O)c1c(C(F)(F)F)cnn1CC12CC(C1)C2. The lowest BCUT2D eigenvalue weighted by Gasteiger charge is -2.61. The number of nitrogens with zero attached hydrogens (tertiary/aromatic N) is 2. The summed E-state index contributed by atoms with van der Waals surface area (Å²) in [5, 5.41) is 3.77. The molecule has 0 N–H and O–H groups in total. The third kappa shape index (κ3) is 1.99. The molecule has 0 atom stereocenters. The first kappa shape index (κ1) is 13.5. The average Bonchev–Trinajstić information content (AvgIpc) is 2.65. The summed E-state index contributed by atoms with van der Waals surface area (Å²) < 4.78 is 44.7. The Hall–Kier alpha value is -1.53. The molecule has 3 saturated carbocycles. The Morgan fingerprint density at radius 1 is 1.50 bits per heavy atom. The van der Waals surface area contributed by atoms with Crippen molar-refractivity contribution in [3.8, 4) is 0 Å². The smallest absolute Gasteiger partial charge is 0.420 e. The number of carbonyl (C=O) groups is 1. The van der Waals surface area contributed by atoms with Crippen molar-refractivity contribution in [2.75, 3.05) is 6.61 Å². The second kappa shape index (κ2) is 4.23. The number of alkyl halides is 3. The summed E-state index contributed by atoms with van der Waals surface area (Å²) in [4.78, 5) is 11.8. The Labute approximate surface area is 113 Å². The summed E-state index contributed by atoms with van der Waals surface area (Å²) in [6.45, 7) is 1.97. The van der Waals surface area contributed by atoms with E-state index in [1.807, 2.05) is 0 Å². The van der Waals surface area contributed by atoms with Gasteiger partial charge in [-0.3, -0.25) is 4.68 Å². The van der Waals surface area contributed by atoms with Crippen LogP contribution in [0.5, 0.6) is 0 Å². The molecule has 20 heavy (non-hydrogen) atoms. The Bertz CT molecular complexity index is 533. The molecule has 1 heterocycles. The van der Waals surface area contributed by atoms with E-state index in [1.54, 1.807) is 6.92 Å². The highest BCUT2D eigenvalue weighted by molar-refractivity contribution is 5.89. The number of carbonyl (C=O) groups excluding carboxylic acids is 1. The van der Waals surface area contributed by atoms with Crippen LogP contribution in [0.1, 0.15) is 42.2 Å². The lowest BCUT2D eigenvalue weighted by Crippen LogP contribution is -2.54. The number of ether oxygens (including phenoxy) is 1. The Morgan fingerprint density at radius 2 is 2.15 bits per heavy atom. The van der Waals surface area contributed by atoms with Gasteiger partial charge >= 0.3 is 12.1 Å². The molecule has 4 rings (SSSR count). The van der Waals surface area contributed by atoms with E-state index < -0.39 is 23.4 Å². The third-order valence-electron chi connectivity index (χ3n) is 4.26. The number of hydrogen-bond acceptors (Lipinski definition) is 3. The van der Waals surface area contributed by atoms with Gasteiger partial charge in [0.25, 0.3) is 0 Å². The second-order valence-electron chi connectivity index (χ2n) is 5.76. The molecule has 7 heteroatoms. The van der Waals surface area contributed by atoms with Crippen LogP contribution in [0.3, 0.4) is 0 Å². The van der Waals surface area contributed by atoms with Gasteiger partial charge in [0.2, 0.25) is 0 Å². The molecule has 0 spiro atoms. The van der Waals surface area contributed by atoms with Crippen molar-refractivity contribution in [2.45, 2.75) is 38.9 Å². The highest BCUT2D eigenvalue weighted by Gasteiger charge is 2.57. The minimum absolute atomic E-state index is 0.0362. The molecule has 0 amide bonds. The molecule has 1 aromatic rings. The monoisotopic (exact) mass is 288 g/mol. The van der Waals surface area contributed by atoms with Crippen LogP contribution in [-0.2, 0) is 17.5 Å². The van der Waals surface area contributed by atoms with Crippen LogP contribution in [0.2, 0.25) is 0 Å². The highest BCUT2D eigenvalue weighted by Crippen LogP contribution is 2.65. The maximum Gasteiger partial charge on any atom is 0.420 e. The number of hydrogen-bond donors (Lipinski definition) is 0. The Morgan fingerprint density at radius 3 is 2.60 bits per heavy atom. The van der Waals surface area contributed by atoms with Crippen LogP contribution in [0.25, 0.3) is 0 Å². The van der Waals surface area contributed by atoms with Gasteiger partial charge in [0.05, 0.1) is 12.8 Å². The summed E-state index contributed by atoms with van der Waals surface area (Å²) in [6.07, 6.45) is -0.805. The van der Waals surface area contributed by atoms with Crippen LogP contribution in [0.4, 0.5) is 13.2 Å². The molecule has 0 unspecified atom stereocenters. The molecule has 4 nitrogen and oxygen atoms in total. The molecule has 2 bridgehead atoms. The van der Waals surface area contributed by atoms with Gasteiger partial charge in [-0.05, 0) is 37.5 Å². The van der Waals surface area contributed by atoms with Gasteiger partial charge in [0, 0.05) is 6.54 Å². The number of rotatable bonds is 4. The van der Waals surface area contributed by atoms with Crippen molar-refractivity contribution in [1.29, 1.82) is 0 Å². The predicted molar refractivity (Wildman–Crippen MR) is 63.0 cm³/mol. The van der Waals surface area contributed by atoms with Crippen LogP contribution >= 0.6 is 0 Å². The Balaban J connectivity index is 1.92. The summed E-state index contributed by atoms with van der Waals surface area (Å²) >= 11 is 0. The van der Waals surface area contributed by atoms with Crippen molar-refractivity contribution in [3.63, 3.8) is 0 Å². The normalized spacial score (nSPS) is 27.7. The second-order valence-corrected chi connectivity index (χ2v) is 5.76. The number of aromatic nitrogens is 2. The fraction of sp³-hybridized carbons (Fsp3) is 0.692. The molecular weight excluding hydrogens is 273 g/mol. The summed E-state index contributed by atoms with van der Waals surface area (Å²) in [5.41, 5.74) is -1.42. The largest absolute Gasteiger partial charge is 0.461 e. The maximum atomic E-state index is 12.9.